The van der Waals surface area contributed by atoms with Gasteiger partial charge in [0.1, 0.15) is 12.2 Å². The molecule has 2 heterocycles. The SMILES string of the molecule is CN(C)CCN(C)C1C(CNC(=O)Nc2ccsc2)OC(CO)C1O. The summed E-state index contributed by atoms with van der Waals surface area (Å²) >= 11 is 1.50. The fourth-order valence-corrected chi connectivity index (χ4v) is 3.49. The van der Waals surface area contributed by atoms with E-state index in [2.05, 4.69) is 15.5 Å². The molecule has 0 aromatic carbocycles. The second kappa shape index (κ2) is 9.46. The fourth-order valence-electron chi connectivity index (χ4n) is 2.90. The Morgan fingerprint density at radius 1 is 1.32 bits per heavy atom. The van der Waals surface area contributed by atoms with Crippen molar-refractivity contribution < 1.29 is 19.7 Å². The molecule has 0 aliphatic carbocycles. The second-order valence-electron chi connectivity index (χ2n) is 6.51. The van der Waals surface area contributed by atoms with Crippen molar-refractivity contribution in [2.24, 2.45) is 0 Å². The Morgan fingerprint density at radius 3 is 2.68 bits per heavy atom. The highest BCUT2D eigenvalue weighted by atomic mass is 32.1. The Bertz CT molecular complexity index is 528. The number of ether oxygens (including phenoxy) is 1. The van der Waals surface area contributed by atoms with Gasteiger partial charge in [0.05, 0.1) is 24.4 Å². The van der Waals surface area contributed by atoms with E-state index in [4.69, 9.17) is 4.74 Å². The largest absolute Gasteiger partial charge is 0.394 e. The maximum atomic E-state index is 12.0. The van der Waals surface area contributed by atoms with Crippen LogP contribution < -0.4 is 10.6 Å². The summed E-state index contributed by atoms with van der Waals surface area (Å²) in [5.74, 6) is 0. The van der Waals surface area contributed by atoms with Crippen molar-refractivity contribution >= 4 is 23.1 Å². The zero-order chi connectivity index (χ0) is 18.4. The van der Waals surface area contributed by atoms with E-state index >= 15 is 0 Å². The van der Waals surface area contributed by atoms with Gasteiger partial charge in [0.15, 0.2) is 0 Å². The van der Waals surface area contributed by atoms with E-state index in [0.717, 1.165) is 18.8 Å². The number of hydrogen-bond donors (Lipinski definition) is 4. The van der Waals surface area contributed by atoms with Crippen LogP contribution in [0.1, 0.15) is 0 Å². The summed E-state index contributed by atoms with van der Waals surface area (Å²) in [6.07, 6.45) is -1.84. The Labute approximate surface area is 152 Å². The molecule has 4 atom stereocenters. The van der Waals surface area contributed by atoms with E-state index in [1.807, 2.05) is 42.9 Å². The van der Waals surface area contributed by atoms with Crippen molar-refractivity contribution in [1.29, 1.82) is 0 Å². The van der Waals surface area contributed by atoms with E-state index in [1.54, 1.807) is 0 Å². The van der Waals surface area contributed by atoms with Crippen molar-refractivity contribution in [3.63, 3.8) is 0 Å². The standard InChI is InChI=1S/C16H28N4O4S/c1-19(2)5-6-20(3)14-12(24-13(9-21)15(14)22)8-17-16(23)18-11-4-7-25-10-11/h4,7,10,12-15,21-22H,5-6,8-9H2,1-3H3,(H2,17,18,23). The third-order valence-corrected chi connectivity index (χ3v) is 4.98. The first kappa shape index (κ1) is 20.1. The molecule has 1 saturated heterocycles. The van der Waals surface area contributed by atoms with E-state index in [0.29, 0.717) is 0 Å². The third kappa shape index (κ3) is 5.63. The van der Waals surface area contributed by atoms with E-state index < -0.39 is 18.3 Å². The minimum absolute atomic E-state index is 0.250. The summed E-state index contributed by atoms with van der Waals surface area (Å²) in [4.78, 5) is 16.1. The van der Waals surface area contributed by atoms with Gasteiger partial charge in [-0.2, -0.15) is 11.3 Å². The quantitative estimate of drug-likeness (QED) is 0.507. The Balaban J connectivity index is 1.91. The lowest BCUT2D eigenvalue weighted by Crippen LogP contribution is -2.51. The number of aliphatic hydroxyl groups excluding tert-OH is 2. The van der Waals surface area contributed by atoms with Crippen LogP contribution in [0.5, 0.6) is 0 Å². The number of hydrogen-bond acceptors (Lipinski definition) is 7. The molecule has 8 nitrogen and oxygen atoms in total. The van der Waals surface area contributed by atoms with Gasteiger partial charge in [0.2, 0.25) is 0 Å². The van der Waals surface area contributed by atoms with Gasteiger partial charge in [0, 0.05) is 25.0 Å². The number of amides is 2. The van der Waals surface area contributed by atoms with Crippen LogP contribution >= 0.6 is 11.3 Å². The molecule has 1 aliphatic heterocycles. The van der Waals surface area contributed by atoms with Gasteiger partial charge in [-0.1, -0.05) is 0 Å². The van der Waals surface area contributed by atoms with Crippen molar-refractivity contribution in [2.45, 2.75) is 24.4 Å². The molecule has 1 aliphatic rings. The predicted octanol–water partition coefficient (Wildman–Crippen LogP) is -0.148. The Morgan fingerprint density at radius 2 is 2.08 bits per heavy atom. The number of aliphatic hydroxyl groups is 2. The average molecular weight is 372 g/mol. The zero-order valence-electron chi connectivity index (χ0n) is 14.9. The van der Waals surface area contributed by atoms with Gasteiger partial charge in [-0.3, -0.25) is 4.90 Å². The molecule has 0 bridgehead atoms. The van der Waals surface area contributed by atoms with Crippen molar-refractivity contribution in [3.05, 3.63) is 16.8 Å². The highest BCUT2D eigenvalue weighted by Crippen LogP contribution is 2.25. The predicted molar refractivity (Wildman–Crippen MR) is 98.1 cm³/mol. The van der Waals surface area contributed by atoms with Crippen LogP contribution in [0.3, 0.4) is 0 Å². The number of carbonyl (C=O) groups excluding carboxylic acids is 1. The maximum Gasteiger partial charge on any atom is 0.319 e. The van der Waals surface area contributed by atoms with Crippen LogP contribution in [-0.2, 0) is 4.74 Å². The lowest BCUT2D eigenvalue weighted by Gasteiger charge is -2.31. The molecule has 4 unspecified atom stereocenters. The molecule has 0 saturated carbocycles. The van der Waals surface area contributed by atoms with E-state index in [1.165, 1.54) is 11.3 Å². The molecule has 9 heteroatoms. The molecule has 1 aromatic heterocycles. The number of thiophene rings is 1. The fraction of sp³-hybridized carbons (Fsp3) is 0.688. The maximum absolute atomic E-state index is 12.0. The molecule has 0 radical (unpaired) electrons. The molecular formula is C16H28N4O4S. The van der Waals surface area contributed by atoms with E-state index in [9.17, 15) is 15.0 Å². The van der Waals surface area contributed by atoms with Crippen LogP contribution in [0.25, 0.3) is 0 Å². The van der Waals surface area contributed by atoms with Crippen LogP contribution in [0, 0.1) is 0 Å². The zero-order valence-corrected chi connectivity index (χ0v) is 15.7. The van der Waals surface area contributed by atoms with Crippen molar-refractivity contribution in [2.75, 3.05) is 52.7 Å². The van der Waals surface area contributed by atoms with Gasteiger partial charge < -0.3 is 30.5 Å². The molecular weight excluding hydrogens is 344 g/mol. The Hall–Kier alpha value is -1.23. The monoisotopic (exact) mass is 372 g/mol. The number of urea groups is 1. The molecule has 1 fully saturated rings. The number of rotatable bonds is 8. The minimum Gasteiger partial charge on any atom is -0.394 e. The second-order valence-corrected chi connectivity index (χ2v) is 7.29. The first-order chi connectivity index (χ1) is 11.9. The molecule has 4 N–H and O–H groups in total. The highest BCUT2D eigenvalue weighted by molar-refractivity contribution is 7.08. The van der Waals surface area contributed by atoms with Crippen LogP contribution in [0.2, 0.25) is 0 Å². The summed E-state index contributed by atoms with van der Waals surface area (Å²) in [6.45, 7) is 1.58. The normalized spacial score (nSPS) is 26.4. The number of nitrogens with zero attached hydrogens (tertiary/aromatic N) is 2. The topological polar surface area (TPSA) is 97.3 Å². The third-order valence-electron chi connectivity index (χ3n) is 4.29. The van der Waals surface area contributed by atoms with Gasteiger partial charge in [0.25, 0.3) is 0 Å². The Kier molecular flexibility index (Phi) is 7.60. The van der Waals surface area contributed by atoms with Crippen LogP contribution in [0.4, 0.5) is 10.5 Å². The molecule has 0 spiro atoms. The summed E-state index contributed by atoms with van der Waals surface area (Å²) in [5.41, 5.74) is 0.739. The average Bonchev–Trinajstić information content (AvgIpc) is 3.18. The first-order valence-corrected chi connectivity index (χ1v) is 9.23. The minimum atomic E-state index is -0.802. The summed E-state index contributed by atoms with van der Waals surface area (Å²) in [5, 5.41) is 29.1. The van der Waals surface area contributed by atoms with Gasteiger partial charge in [-0.15, -0.1) is 0 Å². The number of nitrogens with one attached hydrogen (secondary N) is 2. The summed E-state index contributed by atoms with van der Waals surface area (Å²) in [7, 11) is 5.89. The number of anilines is 1. The van der Waals surface area contributed by atoms with Crippen molar-refractivity contribution in [3.8, 4) is 0 Å². The van der Waals surface area contributed by atoms with Crippen LogP contribution in [0.15, 0.2) is 16.8 Å². The summed E-state index contributed by atoms with van der Waals surface area (Å²) < 4.78 is 5.75. The highest BCUT2D eigenvalue weighted by Gasteiger charge is 2.45. The van der Waals surface area contributed by atoms with Gasteiger partial charge in [-0.25, -0.2) is 4.79 Å². The van der Waals surface area contributed by atoms with Crippen molar-refractivity contribution in [1.82, 2.24) is 15.1 Å². The molecule has 2 amide bonds. The van der Waals surface area contributed by atoms with Crippen LogP contribution in [-0.4, -0.2) is 97.8 Å². The van der Waals surface area contributed by atoms with Gasteiger partial charge >= 0.3 is 6.03 Å². The molecule has 142 valence electrons. The smallest absolute Gasteiger partial charge is 0.319 e. The summed E-state index contributed by atoms with van der Waals surface area (Å²) in [6, 6.07) is 1.21. The molecule has 1 aromatic rings. The number of likely N-dealkylation sites (N-methyl/N-ethyl adjacent to an activating group) is 2. The van der Waals surface area contributed by atoms with E-state index in [-0.39, 0.29) is 25.2 Å². The lowest BCUT2D eigenvalue weighted by atomic mass is 10.0. The molecule has 25 heavy (non-hydrogen) atoms. The van der Waals surface area contributed by atoms with Gasteiger partial charge in [-0.05, 0) is 32.6 Å². The first-order valence-electron chi connectivity index (χ1n) is 8.28. The number of carbonyl (C=O) groups is 1. The molecule has 2 rings (SSSR count). The lowest BCUT2D eigenvalue weighted by molar-refractivity contribution is -0.0205.